The molecule has 0 aliphatic rings. The molecule has 1 aromatic carbocycles. The minimum atomic E-state index is -0.174. The Morgan fingerprint density at radius 3 is 2.80 bits per heavy atom. The first-order chi connectivity index (χ1) is 9.78. The molecule has 0 aliphatic carbocycles. The number of nitrogens with zero attached hydrogens (tertiary/aromatic N) is 3. The van der Waals surface area contributed by atoms with Crippen LogP contribution in [-0.4, -0.2) is 26.1 Å². The molecule has 3 N–H and O–H groups in total. The van der Waals surface area contributed by atoms with Crippen LogP contribution in [0.4, 0.5) is 0 Å². The van der Waals surface area contributed by atoms with Gasteiger partial charge in [-0.2, -0.15) is 0 Å². The number of nitrogens with two attached hydrogens (primary N) is 1. The molecule has 0 saturated heterocycles. The van der Waals surface area contributed by atoms with Gasteiger partial charge in [-0.1, -0.05) is 30.3 Å². The molecule has 3 aromatic rings. The molecule has 6 heteroatoms. The van der Waals surface area contributed by atoms with Gasteiger partial charge in [0.25, 0.3) is 5.56 Å². The van der Waals surface area contributed by atoms with Gasteiger partial charge in [-0.05, 0) is 12.1 Å². The maximum Gasteiger partial charge on any atom is 0.277 e. The molecular weight excluding hydrogens is 254 g/mol. The smallest absolute Gasteiger partial charge is 0.277 e. The molecule has 0 amide bonds. The Bertz CT molecular complexity index is 775. The van der Waals surface area contributed by atoms with Crippen LogP contribution in [0, 0.1) is 0 Å². The first-order valence-electron chi connectivity index (χ1n) is 6.46. The zero-order valence-electron chi connectivity index (χ0n) is 10.9. The van der Waals surface area contributed by atoms with Crippen LogP contribution in [-0.2, 0) is 13.0 Å². The molecule has 0 aliphatic heterocycles. The lowest BCUT2D eigenvalue weighted by atomic mass is 10.2. The van der Waals surface area contributed by atoms with E-state index in [9.17, 15) is 4.79 Å². The number of H-pyrrole nitrogens is 1. The Hall–Kier alpha value is -2.47. The monoisotopic (exact) mass is 269 g/mol. The zero-order valence-corrected chi connectivity index (χ0v) is 10.9. The van der Waals surface area contributed by atoms with Crippen LogP contribution in [0.1, 0.15) is 11.4 Å². The number of fused-ring (bicyclic) bond motifs is 1. The van der Waals surface area contributed by atoms with E-state index in [2.05, 4.69) is 15.0 Å². The highest BCUT2D eigenvalue weighted by Crippen LogP contribution is 2.09. The maximum absolute atomic E-state index is 12.1. The van der Waals surface area contributed by atoms with Crippen LogP contribution < -0.4 is 11.3 Å². The topological polar surface area (TPSA) is 89.6 Å². The fraction of sp³-hybridized carbons (Fsp3) is 0.214. The van der Waals surface area contributed by atoms with Crippen molar-refractivity contribution in [3.8, 4) is 0 Å². The van der Waals surface area contributed by atoms with E-state index in [1.165, 1.54) is 0 Å². The second-order valence-corrected chi connectivity index (χ2v) is 4.58. The first-order valence-corrected chi connectivity index (χ1v) is 6.46. The second-order valence-electron chi connectivity index (χ2n) is 4.58. The van der Waals surface area contributed by atoms with Gasteiger partial charge in [0.15, 0.2) is 11.2 Å². The molecule has 0 spiro atoms. The van der Waals surface area contributed by atoms with Crippen molar-refractivity contribution in [2.45, 2.75) is 13.0 Å². The van der Waals surface area contributed by atoms with Crippen molar-refractivity contribution in [2.75, 3.05) is 6.54 Å². The van der Waals surface area contributed by atoms with Gasteiger partial charge >= 0.3 is 0 Å². The van der Waals surface area contributed by atoms with Crippen molar-refractivity contribution in [1.29, 1.82) is 0 Å². The summed E-state index contributed by atoms with van der Waals surface area (Å²) in [6.07, 6.45) is 2.18. The summed E-state index contributed by atoms with van der Waals surface area (Å²) in [5, 5.41) is 0. The van der Waals surface area contributed by atoms with E-state index in [0.29, 0.717) is 36.5 Å². The van der Waals surface area contributed by atoms with Crippen molar-refractivity contribution in [1.82, 2.24) is 19.5 Å². The average Bonchev–Trinajstić information content (AvgIpc) is 2.84. The Morgan fingerprint density at radius 2 is 2.05 bits per heavy atom. The third-order valence-electron chi connectivity index (χ3n) is 3.11. The lowest BCUT2D eigenvalue weighted by Crippen LogP contribution is -2.17. The third-order valence-corrected chi connectivity index (χ3v) is 3.11. The van der Waals surface area contributed by atoms with E-state index < -0.39 is 0 Å². The molecule has 20 heavy (non-hydrogen) atoms. The minimum Gasteiger partial charge on any atom is -0.330 e. The van der Waals surface area contributed by atoms with Crippen molar-refractivity contribution < 1.29 is 0 Å². The molecule has 0 radical (unpaired) electrons. The normalized spacial score (nSPS) is 11.1. The van der Waals surface area contributed by atoms with E-state index in [1.54, 1.807) is 6.33 Å². The molecule has 0 atom stereocenters. The van der Waals surface area contributed by atoms with E-state index >= 15 is 0 Å². The van der Waals surface area contributed by atoms with Crippen molar-refractivity contribution in [3.63, 3.8) is 0 Å². The number of rotatable bonds is 4. The summed E-state index contributed by atoms with van der Waals surface area (Å²) < 4.78 is 1.81. The second kappa shape index (κ2) is 5.26. The Labute approximate surface area is 115 Å². The predicted molar refractivity (Wildman–Crippen MR) is 76.5 cm³/mol. The third kappa shape index (κ3) is 2.33. The van der Waals surface area contributed by atoms with E-state index in [4.69, 9.17) is 5.73 Å². The molecule has 0 fully saturated rings. The number of hydrogen-bond donors (Lipinski definition) is 2. The van der Waals surface area contributed by atoms with Gasteiger partial charge in [0.05, 0.1) is 6.33 Å². The van der Waals surface area contributed by atoms with Crippen molar-refractivity contribution in [3.05, 3.63) is 58.4 Å². The Morgan fingerprint density at radius 1 is 1.25 bits per heavy atom. The largest absolute Gasteiger partial charge is 0.330 e. The van der Waals surface area contributed by atoms with Gasteiger partial charge in [-0.3, -0.25) is 4.79 Å². The number of aromatic amines is 1. The summed E-state index contributed by atoms with van der Waals surface area (Å²) in [6.45, 7) is 1.04. The van der Waals surface area contributed by atoms with E-state index in [0.717, 1.165) is 5.56 Å². The summed E-state index contributed by atoms with van der Waals surface area (Å²) in [5.41, 5.74) is 7.37. The minimum absolute atomic E-state index is 0.174. The fourth-order valence-corrected chi connectivity index (χ4v) is 2.19. The van der Waals surface area contributed by atoms with E-state index in [1.807, 2.05) is 34.9 Å². The van der Waals surface area contributed by atoms with Crippen LogP contribution in [0.15, 0.2) is 41.5 Å². The molecule has 6 nitrogen and oxygen atoms in total. The molecule has 0 bridgehead atoms. The number of nitrogens with one attached hydrogen (secondary N) is 1. The summed E-state index contributed by atoms with van der Waals surface area (Å²) in [5.74, 6) is 0.579. The summed E-state index contributed by atoms with van der Waals surface area (Å²) in [7, 11) is 0. The standard InChI is InChI=1S/C14H15N5O/c15-7-6-11-17-13-12(14(20)18-11)19(9-16-13)8-10-4-2-1-3-5-10/h1-5,9H,6-8,15H2,(H,17,18,20). The average molecular weight is 269 g/mol. The van der Waals surface area contributed by atoms with Crippen LogP contribution in [0.2, 0.25) is 0 Å². The molecular formula is C14H15N5O. The number of aromatic nitrogens is 4. The highest BCUT2D eigenvalue weighted by molar-refractivity contribution is 5.69. The zero-order chi connectivity index (χ0) is 13.9. The highest BCUT2D eigenvalue weighted by atomic mass is 16.1. The highest BCUT2D eigenvalue weighted by Gasteiger charge is 2.10. The van der Waals surface area contributed by atoms with Crippen molar-refractivity contribution >= 4 is 11.2 Å². The Balaban J connectivity index is 2.03. The van der Waals surface area contributed by atoms with Crippen LogP contribution in [0.5, 0.6) is 0 Å². The first kappa shape index (κ1) is 12.6. The molecule has 102 valence electrons. The number of imidazole rings is 1. The fourth-order valence-electron chi connectivity index (χ4n) is 2.19. The van der Waals surface area contributed by atoms with Gasteiger partial charge in [0.1, 0.15) is 5.82 Å². The number of benzene rings is 1. The van der Waals surface area contributed by atoms with Gasteiger partial charge in [-0.25, -0.2) is 9.97 Å². The lowest BCUT2D eigenvalue weighted by Gasteiger charge is -2.04. The summed E-state index contributed by atoms with van der Waals surface area (Å²) in [4.78, 5) is 23.4. The summed E-state index contributed by atoms with van der Waals surface area (Å²) >= 11 is 0. The van der Waals surface area contributed by atoms with Crippen LogP contribution in [0.3, 0.4) is 0 Å². The molecule has 0 unspecified atom stereocenters. The van der Waals surface area contributed by atoms with Crippen LogP contribution in [0.25, 0.3) is 11.2 Å². The Kier molecular flexibility index (Phi) is 3.30. The number of hydrogen-bond acceptors (Lipinski definition) is 4. The van der Waals surface area contributed by atoms with Gasteiger partial charge in [-0.15, -0.1) is 0 Å². The predicted octanol–water partition coefficient (Wildman–Crippen LogP) is 0.669. The maximum atomic E-state index is 12.1. The SMILES string of the molecule is NCCc1nc2ncn(Cc3ccccc3)c2c(=O)[nH]1. The quantitative estimate of drug-likeness (QED) is 0.728. The van der Waals surface area contributed by atoms with Gasteiger partial charge in [0, 0.05) is 13.0 Å². The van der Waals surface area contributed by atoms with Crippen LogP contribution >= 0.6 is 0 Å². The van der Waals surface area contributed by atoms with Gasteiger partial charge < -0.3 is 15.3 Å². The van der Waals surface area contributed by atoms with Gasteiger partial charge in [0.2, 0.25) is 0 Å². The molecule has 2 heterocycles. The van der Waals surface area contributed by atoms with Crippen molar-refractivity contribution in [2.24, 2.45) is 5.73 Å². The molecule has 3 rings (SSSR count). The molecule has 0 saturated carbocycles. The lowest BCUT2D eigenvalue weighted by molar-refractivity contribution is 0.814. The summed E-state index contributed by atoms with van der Waals surface area (Å²) in [6, 6.07) is 9.92. The molecule has 2 aromatic heterocycles. The van der Waals surface area contributed by atoms with E-state index in [-0.39, 0.29) is 5.56 Å².